The fraction of sp³-hybridized carbons (Fsp3) is 0.345. The van der Waals surface area contributed by atoms with Gasteiger partial charge in [0.15, 0.2) is 0 Å². The van der Waals surface area contributed by atoms with Gasteiger partial charge in [0.25, 0.3) is 5.56 Å². The zero-order valence-electron chi connectivity index (χ0n) is 20.8. The first kappa shape index (κ1) is 24.3. The highest BCUT2D eigenvalue weighted by atomic mass is 16.2. The number of amides is 2. The molecular formula is C29H32N4O2. The van der Waals surface area contributed by atoms with Crippen LogP contribution in [-0.2, 0) is 12.6 Å². The summed E-state index contributed by atoms with van der Waals surface area (Å²) in [6, 6.07) is 23.7. The van der Waals surface area contributed by atoms with E-state index in [9.17, 15) is 14.9 Å². The van der Waals surface area contributed by atoms with Gasteiger partial charge >= 0.3 is 6.03 Å². The third-order valence-electron chi connectivity index (χ3n) is 7.06. The van der Waals surface area contributed by atoms with Gasteiger partial charge in [0.1, 0.15) is 0 Å². The quantitative estimate of drug-likeness (QED) is 0.529. The number of nitrogens with zero attached hydrogens (tertiary/aromatic N) is 3. The van der Waals surface area contributed by atoms with E-state index >= 15 is 0 Å². The lowest BCUT2D eigenvalue weighted by Gasteiger charge is -2.46. The minimum absolute atomic E-state index is 0.0496. The van der Waals surface area contributed by atoms with E-state index in [0.717, 1.165) is 22.3 Å². The number of nitriles is 1. The number of hydrogen-bond donors (Lipinski definition) is 1. The van der Waals surface area contributed by atoms with Crippen LogP contribution < -0.4 is 10.9 Å². The number of hydrogen-bond acceptors (Lipinski definition) is 3. The Hall–Kier alpha value is -3.85. The van der Waals surface area contributed by atoms with Crippen LogP contribution in [0.4, 0.5) is 4.79 Å². The Morgan fingerprint density at radius 2 is 1.74 bits per heavy atom. The van der Waals surface area contributed by atoms with Crippen LogP contribution in [0.2, 0.25) is 0 Å². The van der Waals surface area contributed by atoms with Crippen molar-refractivity contribution < 1.29 is 4.79 Å². The summed E-state index contributed by atoms with van der Waals surface area (Å²) in [4.78, 5) is 27.3. The van der Waals surface area contributed by atoms with Crippen LogP contribution in [0.3, 0.4) is 0 Å². The van der Waals surface area contributed by atoms with E-state index in [4.69, 9.17) is 0 Å². The Kier molecular flexibility index (Phi) is 6.53. The molecular weight excluding hydrogens is 436 g/mol. The van der Waals surface area contributed by atoms with E-state index in [1.807, 2.05) is 86.3 Å². The average Bonchev–Trinajstić information content (AvgIpc) is 2.86. The second-order valence-electron chi connectivity index (χ2n) is 10.2. The first-order valence-corrected chi connectivity index (χ1v) is 12.0. The van der Waals surface area contributed by atoms with Gasteiger partial charge < -0.3 is 14.8 Å². The molecule has 2 amide bonds. The number of carbonyl (C=O) groups excluding carboxylic acids is 1. The molecule has 6 heteroatoms. The molecule has 2 atom stereocenters. The van der Waals surface area contributed by atoms with Crippen molar-refractivity contribution in [1.29, 1.82) is 5.26 Å². The normalized spacial score (nSPS) is 19.1. The zero-order chi connectivity index (χ0) is 25.2. The van der Waals surface area contributed by atoms with Crippen LogP contribution in [0.15, 0.2) is 77.7 Å². The molecule has 6 nitrogen and oxygen atoms in total. The molecule has 3 aromatic rings. The van der Waals surface area contributed by atoms with Crippen LogP contribution in [0.1, 0.15) is 50.8 Å². The van der Waals surface area contributed by atoms with Crippen LogP contribution in [0.25, 0.3) is 11.1 Å². The van der Waals surface area contributed by atoms with Crippen molar-refractivity contribution >= 4 is 6.03 Å². The smallest absolute Gasteiger partial charge is 0.318 e. The first-order chi connectivity index (χ1) is 16.6. The van der Waals surface area contributed by atoms with Crippen molar-refractivity contribution in [2.45, 2.75) is 45.2 Å². The Labute approximate surface area is 206 Å². The van der Waals surface area contributed by atoms with E-state index in [2.05, 4.69) is 11.4 Å². The van der Waals surface area contributed by atoms with Crippen LogP contribution in [0, 0.1) is 16.7 Å². The van der Waals surface area contributed by atoms with Gasteiger partial charge in [0.2, 0.25) is 0 Å². The van der Waals surface area contributed by atoms with Gasteiger partial charge in [-0.25, -0.2) is 4.79 Å². The fourth-order valence-corrected chi connectivity index (χ4v) is 4.99. The molecule has 0 spiro atoms. The Bertz CT molecular complexity index is 1310. The number of nitrogens with one attached hydrogen (secondary N) is 1. The van der Waals surface area contributed by atoms with Gasteiger partial charge in [0.05, 0.1) is 23.1 Å². The standard InChI is InChI=1S/C29H32N4O2/c1-21(22-10-12-23(13-11-22)24-14-16-32(4)26(34)18-24)33-17-15-29(31-27(33)35,19-28(2,3)20-30)25-8-6-5-7-9-25/h5-14,16,18,21H,15,17,19H2,1-4H3,(H,31,35)/t21-,29+/m0/s1. The highest BCUT2D eigenvalue weighted by Gasteiger charge is 2.44. The number of pyridine rings is 1. The molecule has 2 heterocycles. The molecule has 180 valence electrons. The number of carbonyl (C=O) groups is 1. The molecule has 0 bridgehead atoms. The van der Waals surface area contributed by atoms with E-state index in [1.54, 1.807) is 23.9 Å². The molecule has 0 radical (unpaired) electrons. The molecule has 35 heavy (non-hydrogen) atoms. The summed E-state index contributed by atoms with van der Waals surface area (Å²) >= 11 is 0. The molecule has 0 aliphatic carbocycles. The van der Waals surface area contributed by atoms with Gasteiger partial charge in [-0.1, -0.05) is 54.6 Å². The summed E-state index contributed by atoms with van der Waals surface area (Å²) < 4.78 is 1.54. The minimum Gasteiger partial charge on any atom is -0.328 e. The number of urea groups is 1. The third kappa shape index (κ3) is 5.00. The number of rotatable bonds is 6. The summed E-state index contributed by atoms with van der Waals surface area (Å²) in [5, 5.41) is 13.0. The summed E-state index contributed by atoms with van der Waals surface area (Å²) in [6.07, 6.45) is 3.02. The topological polar surface area (TPSA) is 78.1 Å². The van der Waals surface area contributed by atoms with Crippen molar-refractivity contribution in [2.75, 3.05) is 6.54 Å². The second kappa shape index (κ2) is 9.42. The maximum atomic E-state index is 13.4. The number of aromatic nitrogens is 1. The lowest BCUT2D eigenvalue weighted by molar-refractivity contribution is 0.109. The van der Waals surface area contributed by atoms with E-state index < -0.39 is 11.0 Å². The molecule has 2 aromatic carbocycles. The lowest BCUT2D eigenvalue weighted by Crippen LogP contribution is -2.59. The monoisotopic (exact) mass is 468 g/mol. The summed E-state index contributed by atoms with van der Waals surface area (Å²) in [6.45, 7) is 6.45. The third-order valence-corrected chi connectivity index (χ3v) is 7.06. The van der Waals surface area contributed by atoms with Crippen LogP contribution in [-0.4, -0.2) is 22.0 Å². The molecule has 1 N–H and O–H groups in total. The van der Waals surface area contributed by atoms with E-state index in [0.29, 0.717) is 19.4 Å². The molecule has 1 aliphatic heterocycles. The van der Waals surface area contributed by atoms with Crippen molar-refractivity contribution in [1.82, 2.24) is 14.8 Å². The largest absolute Gasteiger partial charge is 0.328 e. The van der Waals surface area contributed by atoms with Gasteiger partial charge in [0, 0.05) is 25.9 Å². The Morgan fingerprint density at radius 3 is 2.34 bits per heavy atom. The minimum atomic E-state index is -0.586. The molecule has 1 fully saturated rings. The van der Waals surface area contributed by atoms with Crippen LogP contribution in [0.5, 0.6) is 0 Å². The second-order valence-corrected chi connectivity index (χ2v) is 10.2. The van der Waals surface area contributed by atoms with Crippen molar-refractivity contribution in [2.24, 2.45) is 12.5 Å². The van der Waals surface area contributed by atoms with Crippen molar-refractivity contribution in [3.05, 3.63) is 94.4 Å². The maximum Gasteiger partial charge on any atom is 0.318 e. The number of aryl methyl sites for hydroxylation is 1. The fourth-order valence-electron chi connectivity index (χ4n) is 4.99. The summed E-state index contributed by atoms with van der Waals surface area (Å²) in [7, 11) is 1.73. The van der Waals surface area contributed by atoms with E-state index in [-0.39, 0.29) is 17.6 Å². The van der Waals surface area contributed by atoms with Crippen LogP contribution >= 0.6 is 0 Å². The predicted molar refractivity (Wildman–Crippen MR) is 138 cm³/mol. The summed E-state index contributed by atoms with van der Waals surface area (Å²) in [5.74, 6) is 0. The van der Waals surface area contributed by atoms with Gasteiger partial charge in [-0.2, -0.15) is 5.26 Å². The highest BCUT2D eigenvalue weighted by Crippen LogP contribution is 2.40. The van der Waals surface area contributed by atoms with Crippen molar-refractivity contribution in [3.63, 3.8) is 0 Å². The molecule has 1 saturated heterocycles. The zero-order valence-corrected chi connectivity index (χ0v) is 20.8. The molecule has 1 aromatic heterocycles. The first-order valence-electron chi connectivity index (χ1n) is 12.0. The maximum absolute atomic E-state index is 13.4. The molecule has 0 saturated carbocycles. The van der Waals surface area contributed by atoms with Gasteiger partial charge in [-0.05, 0) is 61.9 Å². The molecule has 0 unspecified atom stereocenters. The number of benzene rings is 2. The Morgan fingerprint density at radius 1 is 1.06 bits per heavy atom. The van der Waals surface area contributed by atoms with Crippen molar-refractivity contribution in [3.8, 4) is 17.2 Å². The average molecular weight is 469 g/mol. The molecule has 1 aliphatic rings. The predicted octanol–water partition coefficient (Wildman–Crippen LogP) is 5.36. The lowest BCUT2D eigenvalue weighted by atomic mass is 9.73. The molecule has 4 rings (SSSR count). The van der Waals surface area contributed by atoms with Gasteiger partial charge in [-0.3, -0.25) is 4.79 Å². The highest BCUT2D eigenvalue weighted by molar-refractivity contribution is 5.77. The SMILES string of the molecule is C[C@@H](c1ccc(-c2ccn(C)c(=O)c2)cc1)N1CC[C@@](CC(C)(C)C#N)(c2ccccc2)NC1=O. The van der Waals surface area contributed by atoms with E-state index in [1.165, 1.54) is 0 Å². The Balaban J connectivity index is 1.55. The van der Waals surface area contributed by atoms with Gasteiger partial charge in [-0.15, -0.1) is 0 Å². The summed E-state index contributed by atoms with van der Waals surface area (Å²) in [5.41, 5.74) is 2.67.